The van der Waals surface area contributed by atoms with Crippen molar-refractivity contribution in [1.29, 1.82) is 0 Å². The van der Waals surface area contributed by atoms with Gasteiger partial charge in [0.05, 0.1) is 17.7 Å². The van der Waals surface area contributed by atoms with Gasteiger partial charge in [0.1, 0.15) is 5.69 Å². The summed E-state index contributed by atoms with van der Waals surface area (Å²) in [7, 11) is 1.65. The second-order valence-corrected chi connectivity index (χ2v) is 3.81. The number of anilines is 1. The van der Waals surface area contributed by atoms with Crippen molar-refractivity contribution < 1.29 is 4.74 Å². The predicted octanol–water partition coefficient (Wildman–Crippen LogP) is 2.40. The largest absolute Gasteiger partial charge is 0.487 e. The van der Waals surface area contributed by atoms with Crippen LogP contribution in [0.4, 0.5) is 5.69 Å². The molecule has 0 amide bonds. The summed E-state index contributed by atoms with van der Waals surface area (Å²) in [6, 6.07) is 7.54. The van der Waals surface area contributed by atoms with Gasteiger partial charge < -0.3 is 10.5 Å². The van der Waals surface area contributed by atoms with Crippen molar-refractivity contribution in [3.63, 3.8) is 0 Å². The predicted molar refractivity (Wildman–Crippen MR) is 58.5 cm³/mol. The molecule has 0 aliphatic heterocycles. The number of nitrogen functional groups attached to an aromatic ring is 1. The first kappa shape index (κ1) is 9.02. The minimum Gasteiger partial charge on any atom is -0.487 e. The molecule has 0 unspecified atom stereocenters. The number of methoxy groups -OCH3 is 1. The SMILES string of the molecule is COc1ccc(-c2ncccc2N)s1. The van der Waals surface area contributed by atoms with Gasteiger partial charge in [-0.05, 0) is 24.3 Å². The van der Waals surface area contributed by atoms with Crippen molar-refractivity contribution in [2.45, 2.75) is 0 Å². The molecule has 0 aromatic carbocycles. The molecule has 2 aromatic rings. The van der Waals surface area contributed by atoms with Crippen LogP contribution in [-0.4, -0.2) is 12.1 Å². The molecule has 0 bridgehead atoms. The van der Waals surface area contributed by atoms with Crippen molar-refractivity contribution in [2.75, 3.05) is 12.8 Å². The van der Waals surface area contributed by atoms with Gasteiger partial charge in [-0.2, -0.15) is 0 Å². The molecule has 0 saturated carbocycles. The number of aromatic nitrogens is 1. The standard InChI is InChI=1S/C10H10N2OS/c1-13-9-5-4-8(14-9)10-7(11)3-2-6-12-10/h2-6H,11H2,1H3. The van der Waals surface area contributed by atoms with E-state index in [9.17, 15) is 0 Å². The van der Waals surface area contributed by atoms with Crippen LogP contribution in [0.3, 0.4) is 0 Å². The summed E-state index contributed by atoms with van der Waals surface area (Å²) in [5, 5.41) is 0.866. The van der Waals surface area contributed by atoms with E-state index in [0.717, 1.165) is 15.6 Å². The Kier molecular flexibility index (Phi) is 2.37. The summed E-state index contributed by atoms with van der Waals surface area (Å²) in [6.45, 7) is 0. The summed E-state index contributed by atoms with van der Waals surface area (Å²) in [5.74, 6) is 0. The molecule has 2 heterocycles. The molecule has 0 saturated heterocycles. The maximum Gasteiger partial charge on any atom is 0.173 e. The molecule has 0 radical (unpaired) electrons. The number of nitrogens with two attached hydrogens (primary N) is 1. The topological polar surface area (TPSA) is 48.1 Å². The van der Waals surface area contributed by atoms with Crippen molar-refractivity contribution in [3.8, 4) is 15.6 Å². The summed E-state index contributed by atoms with van der Waals surface area (Å²) >= 11 is 1.54. The minimum absolute atomic E-state index is 0.692. The van der Waals surface area contributed by atoms with Crippen LogP contribution in [0.5, 0.6) is 5.06 Å². The zero-order valence-electron chi connectivity index (χ0n) is 7.73. The van der Waals surface area contributed by atoms with Crippen molar-refractivity contribution >= 4 is 17.0 Å². The lowest BCUT2D eigenvalue weighted by Crippen LogP contribution is -1.90. The molecule has 0 aliphatic rings. The van der Waals surface area contributed by atoms with Crippen molar-refractivity contribution in [1.82, 2.24) is 4.98 Å². The van der Waals surface area contributed by atoms with Gasteiger partial charge in [-0.25, -0.2) is 0 Å². The van der Waals surface area contributed by atoms with Crippen LogP contribution in [0, 0.1) is 0 Å². The minimum atomic E-state index is 0.692. The second-order valence-electron chi connectivity index (χ2n) is 2.76. The highest BCUT2D eigenvalue weighted by Gasteiger charge is 2.06. The van der Waals surface area contributed by atoms with Gasteiger partial charge in [0, 0.05) is 6.20 Å². The normalized spacial score (nSPS) is 10.1. The van der Waals surface area contributed by atoms with E-state index >= 15 is 0 Å². The molecule has 2 aromatic heterocycles. The third-order valence-electron chi connectivity index (χ3n) is 1.85. The number of nitrogens with zero attached hydrogens (tertiary/aromatic N) is 1. The fourth-order valence-corrected chi connectivity index (χ4v) is 2.02. The van der Waals surface area contributed by atoms with Crippen LogP contribution in [0.15, 0.2) is 30.5 Å². The van der Waals surface area contributed by atoms with Gasteiger partial charge in [0.25, 0.3) is 0 Å². The quantitative estimate of drug-likeness (QED) is 0.820. The fourth-order valence-electron chi connectivity index (χ4n) is 1.18. The van der Waals surface area contributed by atoms with Crippen LogP contribution in [0.1, 0.15) is 0 Å². The van der Waals surface area contributed by atoms with E-state index in [1.54, 1.807) is 13.3 Å². The number of rotatable bonds is 2. The van der Waals surface area contributed by atoms with Crippen molar-refractivity contribution in [2.24, 2.45) is 0 Å². The smallest absolute Gasteiger partial charge is 0.173 e. The molecule has 14 heavy (non-hydrogen) atoms. The van der Waals surface area contributed by atoms with Gasteiger partial charge in [-0.1, -0.05) is 11.3 Å². The van der Waals surface area contributed by atoms with Gasteiger partial charge in [0.15, 0.2) is 5.06 Å². The van der Waals surface area contributed by atoms with Crippen LogP contribution in [0.2, 0.25) is 0 Å². The van der Waals surface area contributed by atoms with Crippen LogP contribution < -0.4 is 10.5 Å². The molecular weight excluding hydrogens is 196 g/mol. The van der Waals surface area contributed by atoms with Crippen LogP contribution in [-0.2, 0) is 0 Å². The summed E-state index contributed by atoms with van der Waals surface area (Å²) in [6.07, 6.45) is 1.73. The summed E-state index contributed by atoms with van der Waals surface area (Å²) in [4.78, 5) is 5.25. The van der Waals surface area contributed by atoms with Gasteiger partial charge in [-0.15, -0.1) is 0 Å². The molecular formula is C10H10N2OS. The average Bonchev–Trinajstić information content (AvgIpc) is 2.67. The second kappa shape index (κ2) is 3.67. The molecule has 2 rings (SSSR count). The third-order valence-corrected chi connectivity index (χ3v) is 2.91. The summed E-state index contributed by atoms with van der Waals surface area (Å²) < 4.78 is 5.11. The maximum atomic E-state index is 5.81. The molecule has 0 atom stereocenters. The Hall–Kier alpha value is -1.55. The Balaban J connectivity index is 2.44. The molecule has 4 heteroatoms. The zero-order valence-corrected chi connectivity index (χ0v) is 8.54. The lowest BCUT2D eigenvalue weighted by molar-refractivity contribution is 0.427. The van der Waals surface area contributed by atoms with Crippen LogP contribution in [0.25, 0.3) is 10.6 Å². The number of hydrogen-bond donors (Lipinski definition) is 1. The number of hydrogen-bond acceptors (Lipinski definition) is 4. The Morgan fingerprint density at radius 2 is 2.21 bits per heavy atom. The highest BCUT2D eigenvalue weighted by Crippen LogP contribution is 2.33. The highest BCUT2D eigenvalue weighted by molar-refractivity contribution is 7.17. The first-order valence-corrected chi connectivity index (χ1v) is 4.97. The lowest BCUT2D eigenvalue weighted by Gasteiger charge is -1.99. The first-order chi connectivity index (χ1) is 6.81. The molecule has 0 aliphatic carbocycles. The molecule has 3 nitrogen and oxygen atoms in total. The van der Waals surface area contributed by atoms with Gasteiger partial charge in [0.2, 0.25) is 0 Å². The summed E-state index contributed by atoms with van der Waals surface area (Å²) in [5.41, 5.74) is 7.32. The fraction of sp³-hybridized carbons (Fsp3) is 0.100. The monoisotopic (exact) mass is 206 g/mol. The Labute approximate surface area is 86.2 Å². The highest BCUT2D eigenvalue weighted by atomic mass is 32.1. The van der Waals surface area contributed by atoms with Gasteiger partial charge in [-0.3, -0.25) is 4.98 Å². The molecule has 0 spiro atoms. The van der Waals surface area contributed by atoms with E-state index in [0.29, 0.717) is 5.69 Å². The van der Waals surface area contributed by atoms with Gasteiger partial charge >= 0.3 is 0 Å². The van der Waals surface area contributed by atoms with E-state index in [-0.39, 0.29) is 0 Å². The third kappa shape index (κ3) is 1.56. The number of ether oxygens (including phenoxy) is 1. The van der Waals surface area contributed by atoms with E-state index in [4.69, 9.17) is 10.5 Å². The zero-order chi connectivity index (χ0) is 9.97. The molecule has 72 valence electrons. The molecule has 2 N–H and O–H groups in total. The molecule has 0 fully saturated rings. The van der Waals surface area contributed by atoms with Crippen molar-refractivity contribution in [3.05, 3.63) is 30.5 Å². The van der Waals surface area contributed by atoms with E-state index < -0.39 is 0 Å². The Morgan fingerprint density at radius 3 is 2.86 bits per heavy atom. The Morgan fingerprint density at radius 1 is 1.36 bits per heavy atom. The van der Waals surface area contributed by atoms with Crippen LogP contribution >= 0.6 is 11.3 Å². The number of pyridine rings is 1. The number of thiophene rings is 1. The average molecular weight is 206 g/mol. The van der Waals surface area contributed by atoms with E-state index in [2.05, 4.69) is 4.98 Å². The van der Waals surface area contributed by atoms with E-state index in [1.165, 1.54) is 11.3 Å². The lowest BCUT2D eigenvalue weighted by atomic mass is 10.2. The maximum absolute atomic E-state index is 5.81. The van der Waals surface area contributed by atoms with E-state index in [1.807, 2.05) is 24.3 Å². The Bertz CT molecular complexity index is 439. The first-order valence-electron chi connectivity index (χ1n) is 4.16.